The average molecular weight is 363 g/mol. The first kappa shape index (κ1) is 16.9. The molecule has 4 rings (SSSR count). The maximum atomic E-state index is 12.9. The molecule has 0 saturated carbocycles. The van der Waals surface area contributed by atoms with E-state index in [0.717, 1.165) is 41.5 Å². The molecular weight excluding hydrogens is 342 g/mol. The molecule has 1 aromatic heterocycles. The number of hydrogen-bond donors (Lipinski definition) is 1. The number of aryl methyl sites for hydroxylation is 1. The fraction of sp³-hybridized carbons (Fsp3) is 0.238. The second-order valence-electron chi connectivity index (χ2n) is 6.34. The molecule has 1 N–H and O–H groups in total. The third-order valence-electron chi connectivity index (χ3n) is 4.55. The lowest BCUT2D eigenvalue weighted by Crippen LogP contribution is -2.39. The van der Waals surface area contributed by atoms with Crippen molar-refractivity contribution in [3.63, 3.8) is 0 Å². The van der Waals surface area contributed by atoms with Gasteiger partial charge in [0.25, 0.3) is 0 Å². The van der Waals surface area contributed by atoms with E-state index in [2.05, 4.69) is 17.1 Å². The van der Waals surface area contributed by atoms with Crippen molar-refractivity contribution in [3.8, 4) is 0 Å². The summed E-state index contributed by atoms with van der Waals surface area (Å²) in [5.41, 5.74) is 3.21. The van der Waals surface area contributed by atoms with Crippen molar-refractivity contribution in [2.24, 2.45) is 4.99 Å². The second-order valence-corrected chi connectivity index (χ2v) is 7.40. The van der Waals surface area contributed by atoms with Crippen LogP contribution in [0.1, 0.15) is 18.4 Å². The van der Waals surface area contributed by atoms with Crippen LogP contribution >= 0.6 is 11.8 Å². The minimum absolute atomic E-state index is 0.150. The Morgan fingerprint density at radius 1 is 1.12 bits per heavy atom. The van der Waals surface area contributed by atoms with Gasteiger partial charge >= 0.3 is 0 Å². The highest BCUT2D eigenvalue weighted by molar-refractivity contribution is 8.13. The van der Waals surface area contributed by atoms with Crippen LogP contribution in [0.4, 0.5) is 5.69 Å². The fourth-order valence-corrected chi connectivity index (χ4v) is 4.19. The van der Waals surface area contributed by atoms with E-state index in [1.54, 1.807) is 11.8 Å². The number of aromatic amines is 1. The maximum Gasteiger partial charge on any atom is 0.228 e. The SMILES string of the molecule is O=C(CCc1c[nH]c2ccccc12)N1CCCSC1=Nc1ccccc1. The van der Waals surface area contributed by atoms with Gasteiger partial charge in [0.2, 0.25) is 5.91 Å². The summed E-state index contributed by atoms with van der Waals surface area (Å²) in [6, 6.07) is 18.1. The van der Waals surface area contributed by atoms with Crippen molar-refractivity contribution in [2.45, 2.75) is 19.3 Å². The number of aromatic nitrogens is 1. The number of thioether (sulfide) groups is 1. The highest BCUT2D eigenvalue weighted by atomic mass is 32.2. The van der Waals surface area contributed by atoms with Gasteiger partial charge in [0.05, 0.1) is 5.69 Å². The van der Waals surface area contributed by atoms with E-state index < -0.39 is 0 Å². The summed E-state index contributed by atoms with van der Waals surface area (Å²) in [6.07, 6.45) is 4.26. The van der Waals surface area contributed by atoms with Crippen LogP contribution in [0.3, 0.4) is 0 Å². The van der Waals surface area contributed by atoms with Crippen LogP contribution in [0, 0.1) is 0 Å². The summed E-state index contributed by atoms with van der Waals surface area (Å²) in [5.74, 6) is 1.16. The molecule has 2 aromatic carbocycles. The number of amides is 1. The highest BCUT2D eigenvalue weighted by Crippen LogP contribution is 2.24. The van der Waals surface area contributed by atoms with E-state index in [0.29, 0.717) is 6.42 Å². The number of aliphatic imine (C=N–C) groups is 1. The van der Waals surface area contributed by atoms with E-state index in [-0.39, 0.29) is 5.91 Å². The maximum absolute atomic E-state index is 12.9. The molecule has 3 aromatic rings. The summed E-state index contributed by atoms with van der Waals surface area (Å²) in [6.45, 7) is 0.755. The van der Waals surface area contributed by atoms with E-state index in [9.17, 15) is 4.79 Å². The molecule has 1 fully saturated rings. The molecule has 0 unspecified atom stereocenters. The Balaban J connectivity index is 1.48. The van der Waals surface area contributed by atoms with Gasteiger partial charge in [-0.3, -0.25) is 9.69 Å². The third-order valence-corrected chi connectivity index (χ3v) is 5.62. The highest BCUT2D eigenvalue weighted by Gasteiger charge is 2.23. The Labute approximate surface area is 157 Å². The summed E-state index contributed by atoms with van der Waals surface area (Å²) in [4.78, 5) is 22.7. The zero-order valence-electron chi connectivity index (χ0n) is 14.5. The van der Waals surface area contributed by atoms with Crippen LogP contribution in [-0.4, -0.2) is 33.3 Å². The lowest BCUT2D eigenvalue weighted by molar-refractivity contribution is -0.127. The summed E-state index contributed by atoms with van der Waals surface area (Å²) in [7, 11) is 0. The molecule has 5 heteroatoms. The molecule has 1 aliphatic heterocycles. The second kappa shape index (κ2) is 7.79. The molecule has 0 bridgehead atoms. The third kappa shape index (κ3) is 3.68. The molecule has 1 aliphatic rings. The number of amidine groups is 1. The predicted octanol–water partition coefficient (Wildman–Crippen LogP) is 4.75. The van der Waals surface area contributed by atoms with E-state index in [1.807, 2.05) is 53.6 Å². The van der Waals surface area contributed by atoms with Gasteiger partial charge in [-0.2, -0.15) is 0 Å². The summed E-state index contributed by atoms with van der Waals surface area (Å²) >= 11 is 1.67. The number of rotatable bonds is 4. The van der Waals surface area contributed by atoms with E-state index in [4.69, 9.17) is 4.99 Å². The molecule has 1 saturated heterocycles. The Morgan fingerprint density at radius 3 is 2.81 bits per heavy atom. The number of nitrogens with zero attached hydrogens (tertiary/aromatic N) is 2. The summed E-state index contributed by atoms with van der Waals surface area (Å²) in [5, 5.41) is 2.03. The van der Waals surface area contributed by atoms with Crippen LogP contribution in [0.2, 0.25) is 0 Å². The lowest BCUT2D eigenvalue weighted by atomic mass is 10.1. The van der Waals surface area contributed by atoms with Gasteiger partial charge in [-0.05, 0) is 36.6 Å². The van der Waals surface area contributed by atoms with Crippen molar-refractivity contribution < 1.29 is 4.79 Å². The van der Waals surface area contributed by atoms with Crippen molar-refractivity contribution >= 4 is 39.4 Å². The molecule has 26 heavy (non-hydrogen) atoms. The van der Waals surface area contributed by atoms with Crippen LogP contribution in [-0.2, 0) is 11.2 Å². The van der Waals surface area contributed by atoms with Crippen molar-refractivity contribution in [1.29, 1.82) is 0 Å². The van der Waals surface area contributed by atoms with Crippen LogP contribution in [0.5, 0.6) is 0 Å². The van der Waals surface area contributed by atoms with E-state index >= 15 is 0 Å². The van der Waals surface area contributed by atoms with Crippen molar-refractivity contribution in [1.82, 2.24) is 9.88 Å². The first-order valence-corrected chi connectivity index (χ1v) is 9.92. The number of benzene rings is 2. The predicted molar refractivity (Wildman–Crippen MR) is 109 cm³/mol. The zero-order chi connectivity index (χ0) is 17.8. The number of carbonyl (C=O) groups excluding carboxylic acids is 1. The number of para-hydroxylation sites is 2. The Bertz CT molecular complexity index is 933. The van der Waals surface area contributed by atoms with Gasteiger partial charge < -0.3 is 4.98 Å². The minimum Gasteiger partial charge on any atom is -0.361 e. The Kier molecular flexibility index (Phi) is 5.07. The lowest BCUT2D eigenvalue weighted by Gasteiger charge is -2.27. The Hall–Kier alpha value is -2.53. The van der Waals surface area contributed by atoms with Crippen molar-refractivity contribution in [2.75, 3.05) is 12.3 Å². The molecule has 0 spiro atoms. The molecule has 2 heterocycles. The zero-order valence-corrected chi connectivity index (χ0v) is 15.3. The molecule has 0 atom stereocenters. The van der Waals surface area contributed by atoms with E-state index in [1.165, 1.54) is 10.9 Å². The smallest absolute Gasteiger partial charge is 0.228 e. The van der Waals surface area contributed by atoms with Gasteiger partial charge in [-0.25, -0.2) is 4.99 Å². The summed E-state index contributed by atoms with van der Waals surface area (Å²) < 4.78 is 0. The van der Waals surface area contributed by atoms with Crippen LogP contribution < -0.4 is 0 Å². The van der Waals surface area contributed by atoms with Gasteiger partial charge in [-0.15, -0.1) is 0 Å². The molecule has 4 nitrogen and oxygen atoms in total. The number of fused-ring (bicyclic) bond motifs is 1. The Morgan fingerprint density at radius 2 is 1.92 bits per heavy atom. The quantitative estimate of drug-likeness (QED) is 0.727. The minimum atomic E-state index is 0.150. The standard InChI is InChI=1S/C21H21N3OS/c25-20(12-11-16-15-22-19-10-5-4-9-18(16)19)24-13-6-14-26-21(24)23-17-7-2-1-3-8-17/h1-5,7-10,15,22H,6,11-14H2. The van der Waals surface area contributed by atoms with Crippen LogP contribution in [0.25, 0.3) is 10.9 Å². The normalized spacial score (nSPS) is 16.3. The molecular formula is C21H21N3OS. The fourth-order valence-electron chi connectivity index (χ4n) is 3.21. The monoisotopic (exact) mass is 363 g/mol. The van der Waals surface area contributed by atoms with Gasteiger partial charge in [0, 0.05) is 35.8 Å². The first-order chi connectivity index (χ1) is 12.8. The van der Waals surface area contributed by atoms with Gasteiger partial charge in [0.15, 0.2) is 5.17 Å². The number of H-pyrrole nitrogens is 1. The molecule has 132 valence electrons. The molecule has 1 amide bonds. The first-order valence-electron chi connectivity index (χ1n) is 8.93. The number of nitrogens with one attached hydrogen (secondary N) is 1. The molecule has 0 aliphatic carbocycles. The average Bonchev–Trinajstić information content (AvgIpc) is 3.10. The molecule has 0 radical (unpaired) electrons. The van der Waals surface area contributed by atoms with Crippen LogP contribution in [0.15, 0.2) is 65.8 Å². The number of carbonyl (C=O) groups is 1. The topological polar surface area (TPSA) is 48.5 Å². The number of hydrogen-bond acceptors (Lipinski definition) is 3. The van der Waals surface area contributed by atoms with Gasteiger partial charge in [-0.1, -0.05) is 48.2 Å². The van der Waals surface area contributed by atoms with Gasteiger partial charge in [0.1, 0.15) is 0 Å². The largest absolute Gasteiger partial charge is 0.361 e. The van der Waals surface area contributed by atoms with Crippen molar-refractivity contribution in [3.05, 3.63) is 66.4 Å².